The lowest BCUT2D eigenvalue weighted by Crippen LogP contribution is -2.52. The van der Waals surface area contributed by atoms with Gasteiger partial charge in [0.2, 0.25) is 17.7 Å². The Morgan fingerprint density at radius 1 is 1.27 bits per heavy atom. The third-order valence-electron chi connectivity index (χ3n) is 5.15. The van der Waals surface area contributed by atoms with Crippen LogP contribution in [0.1, 0.15) is 32.1 Å². The number of rotatable bonds is 4. The molecule has 2 aromatic heterocycles. The molecule has 0 bridgehead atoms. The second-order valence-electron chi connectivity index (χ2n) is 6.99. The Labute approximate surface area is 151 Å². The quantitative estimate of drug-likeness (QED) is 0.882. The monoisotopic (exact) mass is 357 g/mol. The first-order valence-electron chi connectivity index (χ1n) is 9.20. The van der Waals surface area contributed by atoms with Crippen LogP contribution in [0.5, 0.6) is 5.88 Å². The Hall–Kier alpha value is -2.64. The zero-order valence-electron chi connectivity index (χ0n) is 14.6. The second kappa shape index (κ2) is 7.31. The molecule has 2 fully saturated rings. The highest BCUT2D eigenvalue weighted by molar-refractivity contribution is 5.88. The van der Waals surface area contributed by atoms with Gasteiger partial charge in [0, 0.05) is 38.0 Å². The Balaban J connectivity index is 1.25. The van der Waals surface area contributed by atoms with Crippen LogP contribution in [-0.4, -0.2) is 57.1 Å². The topological polar surface area (TPSA) is 88.8 Å². The van der Waals surface area contributed by atoms with Gasteiger partial charge >= 0.3 is 0 Å². The summed E-state index contributed by atoms with van der Waals surface area (Å²) < 4.78 is 7.52. The van der Waals surface area contributed by atoms with Crippen molar-refractivity contribution in [1.82, 2.24) is 24.8 Å². The maximum Gasteiger partial charge on any atom is 0.245 e. The molecule has 4 heterocycles. The summed E-state index contributed by atoms with van der Waals surface area (Å²) in [6.07, 6.45) is 7.36. The number of nitrogens with zero attached hydrogens (tertiary/aromatic N) is 4. The Bertz CT molecular complexity index is 797. The van der Waals surface area contributed by atoms with Gasteiger partial charge in [-0.15, -0.1) is 5.10 Å². The van der Waals surface area contributed by atoms with Crippen molar-refractivity contribution in [3.05, 3.63) is 24.5 Å². The molecule has 0 aromatic carbocycles. The van der Waals surface area contributed by atoms with Crippen molar-refractivity contribution >= 4 is 17.5 Å². The Morgan fingerprint density at radius 2 is 2.12 bits per heavy atom. The van der Waals surface area contributed by atoms with E-state index >= 15 is 0 Å². The van der Waals surface area contributed by atoms with E-state index in [9.17, 15) is 9.59 Å². The highest BCUT2D eigenvalue weighted by atomic mass is 16.5. The molecule has 1 unspecified atom stereocenters. The minimum Gasteiger partial charge on any atom is -0.476 e. The summed E-state index contributed by atoms with van der Waals surface area (Å²) in [7, 11) is 0. The number of likely N-dealkylation sites (tertiary alicyclic amines) is 1. The van der Waals surface area contributed by atoms with Crippen LogP contribution in [0.15, 0.2) is 24.5 Å². The van der Waals surface area contributed by atoms with Gasteiger partial charge in [-0.1, -0.05) is 0 Å². The van der Waals surface area contributed by atoms with Crippen LogP contribution in [0.4, 0.5) is 0 Å². The summed E-state index contributed by atoms with van der Waals surface area (Å²) in [5.74, 6) is 1.03. The fourth-order valence-corrected chi connectivity index (χ4v) is 3.61. The van der Waals surface area contributed by atoms with Crippen LogP contribution in [0.2, 0.25) is 0 Å². The molecule has 0 spiro atoms. The zero-order valence-corrected chi connectivity index (χ0v) is 14.6. The molecule has 1 atom stereocenters. The minimum atomic E-state index is -0.338. The summed E-state index contributed by atoms with van der Waals surface area (Å²) >= 11 is 0. The molecule has 8 heteroatoms. The first-order chi connectivity index (χ1) is 12.7. The number of amides is 2. The van der Waals surface area contributed by atoms with Gasteiger partial charge in [-0.2, -0.15) is 0 Å². The zero-order chi connectivity index (χ0) is 17.9. The van der Waals surface area contributed by atoms with Gasteiger partial charge in [0.15, 0.2) is 5.65 Å². The molecular weight excluding hydrogens is 334 g/mol. The van der Waals surface area contributed by atoms with Gasteiger partial charge in [0.25, 0.3) is 0 Å². The molecule has 2 amide bonds. The summed E-state index contributed by atoms with van der Waals surface area (Å²) in [4.78, 5) is 30.1. The van der Waals surface area contributed by atoms with Crippen LogP contribution >= 0.6 is 0 Å². The molecule has 0 saturated carbocycles. The van der Waals surface area contributed by atoms with E-state index in [0.29, 0.717) is 37.9 Å². The third kappa shape index (κ3) is 3.63. The van der Waals surface area contributed by atoms with E-state index in [1.807, 2.05) is 17.0 Å². The predicted octanol–water partition coefficient (Wildman–Crippen LogP) is 1.02. The number of ether oxygens (including phenoxy) is 1. The van der Waals surface area contributed by atoms with Crippen molar-refractivity contribution < 1.29 is 14.3 Å². The van der Waals surface area contributed by atoms with Crippen LogP contribution in [-0.2, 0) is 9.59 Å². The molecule has 2 aliphatic heterocycles. The van der Waals surface area contributed by atoms with Crippen molar-refractivity contribution in [2.24, 2.45) is 5.92 Å². The number of hydrogen-bond donors (Lipinski definition) is 1. The number of carbonyl (C=O) groups excluding carboxylic acids is 2. The highest BCUT2D eigenvalue weighted by Gasteiger charge is 2.31. The summed E-state index contributed by atoms with van der Waals surface area (Å²) in [6, 6.07) is 3.37. The van der Waals surface area contributed by atoms with E-state index in [4.69, 9.17) is 4.74 Å². The number of carbonyl (C=O) groups is 2. The van der Waals surface area contributed by atoms with Gasteiger partial charge in [0.05, 0.1) is 6.61 Å². The first kappa shape index (κ1) is 16.8. The molecular formula is C18H23N5O3. The van der Waals surface area contributed by atoms with Crippen molar-refractivity contribution in [2.45, 2.75) is 38.1 Å². The summed E-state index contributed by atoms with van der Waals surface area (Å²) in [6.45, 7) is 2.02. The summed E-state index contributed by atoms with van der Waals surface area (Å²) in [5.41, 5.74) is 0.791. The number of piperidine rings is 2. The Kier molecular flexibility index (Phi) is 4.73. The van der Waals surface area contributed by atoms with Gasteiger partial charge in [-0.3, -0.25) is 9.59 Å². The second-order valence-corrected chi connectivity index (χ2v) is 6.99. The standard InChI is InChI=1S/C18H23N5O3/c24-16-3-1-2-14(20-16)18(25)22-9-6-13(7-10-22)12-26-17-5-4-15-19-8-11-23(15)21-17/h4-5,8,11,13-14H,1-3,6-7,9-10,12H2,(H,20,24). The fraction of sp³-hybridized carbons (Fsp3) is 0.556. The van der Waals surface area contributed by atoms with E-state index in [0.717, 1.165) is 31.3 Å². The van der Waals surface area contributed by atoms with Crippen molar-refractivity contribution in [3.63, 3.8) is 0 Å². The van der Waals surface area contributed by atoms with E-state index in [2.05, 4.69) is 15.4 Å². The lowest BCUT2D eigenvalue weighted by atomic mass is 9.96. The number of imidazole rings is 1. The van der Waals surface area contributed by atoms with Gasteiger partial charge < -0.3 is 15.0 Å². The predicted molar refractivity (Wildman–Crippen MR) is 93.6 cm³/mol. The SMILES string of the molecule is O=C1CCCC(C(=O)N2CCC(COc3ccc4nccn4n3)CC2)N1. The Morgan fingerprint density at radius 3 is 2.92 bits per heavy atom. The molecule has 8 nitrogen and oxygen atoms in total. The van der Waals surface area contributed by atoms with Crippen LogP contribution in [0.25, 0.3) is 5.65 Å². The maximum absolute atomic E-state index is 12.5. The average molecular weight is 357 g/mol. The lowest BCUT2D eigenvalue weighted by Gasteiger charge is -2.35. The molecule has 0 aliphatic carbocycles. The van der Waals surface area contributed by atoms with Crippen molar-refractivity contribution in [2.75, 3.05) is 19.7 Å². The normalized spacial score (nSPS) is 21.6. The minimum absolute atomic E-state index is 0.0137. The van der Waals surface area contributed by atoms with E-state index in [1.54, 1.807) is 16.9 Å². The molecule has 1 N–H and O–H groups in total. The van der Waals surface area contributed by atoms with E-state index < -0.39 is 0 Å². The van der Waals surface area contributed by atoms with Crippen LogP contribution in [0, 0.1) is 5.92 Å². The number of hydrogen-bond acceptors (Lipinski definition) is 5. The lowest BCUT2D eigenvalue weighted by molar-refractivity contribution is -0.139. The van der Waals surface area contributed by atoms with Crippen molar-refractivity contribution in [1.29, 1.82) is 0 Å². The number of fused-ring (bicyclic) bond motifs is 1. The molecule has 138 valence electrons. The molecule has 4 rings (SSSR count). The van der Waals surface area contributed by atoms with Crippen LogP contribution < -0.4 is 10.1 Å². The molecule has 26 heavy (non-hydrogen) atoms. The number of aromatic nitrogens is 3. The smallest absolute Gasteiger partial charge is 0.245 e. The maximum atomic E-state index is 12.5. The van der Waals surface area contributed by atoms with Gasteiger partial charge in [-0.05, 0) is 37.7 Å². The highest BCUT2D eigenvalue weighted by Crippen LogP contribution is 2.21. The largest absolute Gasteiger partial charge is 0.476 e. The van der Waals surface area contributed by atoms with Gasteiger partial charge in [0.1, 0.15) is 6.04 Å². The van der Waals surface area contributed by atoms with Crippen LogP contribution in [0.3, 0.4) is 0 Å². The number of nitrogens with one attached hydrogen (secondary N) is 1. The molecule has 0 radical (unpaired) electrons. The summed E-state index contributed by atoms with van der Waals surface area (Å²) in [5, 5.41) is 7.17. The first-order valence-corrected chi connectivity index (χ1v) is 9.20. The van der Waals surface area contributed by atoms with Gasteiger partial charge in [-0.25, -0.2) is 9.50 Å². The molecule has 2 saturated heterocycles. The van der Waals surface area contributed by atoms with E-state index in [1.165, 1.54) is 0 Å². The molecule has 2 aromatic rings. The third-order valence-corrected chi connectivity index (χ3v) is 5.15. The van der Waals surface area contributed by atoms with E-state index in [-0.39, 0.29) is 17.9 Å². The fourth-order valence-electron chi connectivity index (χ4n) is 3.61. The molecule has 2 aliphatic rings. The van der Waals surface area contributed by atoms with Crippen molar-refractivity contribution in [3.8, 4) is 5.88 Å². The average Bonchev–Trinajstić information content (AvgIpc) is 3.14.